The lowest BCUT2D eigenvalue weighted by atomic mass is 10.2. The molecule has 2 atom stereocenters. The van der Waals surface area contributed by atoms with Gasteiger partial charge in [-0.15, -0.1) is 11.8 Å². The Morgan fingerprint density at radius 1 is 1.69 bits per heavy atom. The summed E-state index contributed by atoms with van der Waals surface area (Å²) < 4.78 is 27.7. The third-order valence-electron chi connectivity index (χ3n) is 2.29. The molecule has 1 aliphatic heterocycles. The van der Waals surface area contributed by atoms with Crippen LogP contribution in [0.2, 0.25) is 0 Å². The Hall–Kier alpha value is -1.15. The molecular weight excluding hydrogens is 240 g/mol. The number of hydrogen-bond acceptors (Lipinski definition) is 5. The van der Waals surface area contributed by atoms with Crippen molar-refractivity contribution in [3.8, 4) is 0 Å². The van der Waals surface area contributed by atoms with Crippen LogP contribution >= 0.6 is 11.8 Å². The molecule has 1 aliphatic rings. The Morgan fingerprint density at radius 2 is 2.38 bits per heavy atom. The molecule has 0 saturated carbocycles. The number of aliphatic hydroxyl groups excluding tert-OH is 1. The van der Waals surface area contributed by atoms with E-state index >= 15 is 0 Å². The fraction of sp³-hybridized carbons (Fsp3) is 0.500. The average Bonchev–Trinajstić information content (AvgIpc) is 2.44. The Morgan fingerprint density at radius 3 is 2.88 bits per heavy atom. The predicted molar refractivity (Wildman–Crippen MR) is 55.4 cm³/mol. The van der Waals surface area contributed by atoms with Crippen LogP contribution in [0, 0.1) is 0 Å². The third kappa shape index (κ3) is 1.67. The zero-order chi connectivity index (χ0) is 11.9. The highest BCUT2D eigenvalue weighted by atomic mass is 32.2. The van der Waals surface area contributed by atoms with Gasteiger partial charge in [0.15, 0.2) is 5.37 Å². The van der Waals surface area contributed by atoms with E-state index in [1.54, 1.807) is 0 Å². The number of nitrogens with two attached hydrogens (primary N) is 1. The SMILES string of the molecule is Nc1ccn([C@H]2SC[C@@H](O)C2(F)F)c(=O)n1. The second-order valence-corrected chi connectivity index (χ2v) is 4.53. The van der Waals surface area contributed by atoms with Crippen LogP contribution in [0.3, 0.4) is 0 Å². The second kappa shape index (κ2) is 3.70. The van der Waals surface area contributed by atoms with Gasteiger partial charge in [-0.05, 0) is 6.07 Å². The van der Waals surface area contributed by atoms with E-state index in [-0.39, 0.29) is 11.6 Å². The molecule has 0 aliphatic carbocycles. The lowest BCUT2D eigenvalue weighted by Gasteiger charge is -2.21. The van der Waals surface area contributed by atoms with Crippen LogP contribution in [-0.4, -0.2) is 32.4 Å². The fourth-order valence-corrected chi connectivity index (χ4v) is 2.73. The largest absolute Gasteiger partial charge is 0.386 e. The summed E-state index contributed by atoms with van der Waals surface area (Å²) in [6.07, 6.45) is -0.583. The summed E-state index contributed by atoms with van der Waals surface area (Å²) in [5.74, 6) is -3.48. The van der Waals surface area contributed by atoms with Crippen molar-refractivity contribution in [3.63, 3.8) is 0 Å². The van der Waals surface area contributed by atoms with Crippen LogP contribution in [0.15, 0.2) is 17.1 Å². The van der Waals surface area contributed by atoms with Crippen molar-refractivity contribution < 1.29 is 13.9 Å². The van der Waals surface area contributed by atoms with Gasteiger partial charge in [0.2, 0.25) is 0 Å². The van der Waals surface area contributed by atoms with E-state index in [0.29, 0.717) is 0 Å². The topological polar surface area (TPSA) is 81.1 Å². The number of nitrogen functional groups attached to an aromatic ring is 1. The Bertz CT molecular complexity index is 465. The Kier molecular flexibility index (Phi) is 2.62. The molecule has 1 aromatic rings. The van der Waals surface area contributed by atoms with E-state index in [9.17, 15) is 13.6 Å². The molecule has 0 unspecified atom stereocenters. The number of nitrogens with zero attached hydrogens (tertiary/aromatic N) is 2. The zero-order valence-corrected chi connectivity index (χ0v) is 8.82. The molecule has 0 aromatic carbocycles. The molecule has 1 saturated heterocycles. The van der Waals surface area contributed by atoms with Gasteiger partial charge in [-0.1, -0.05) is 0 Å². The number of hydrogen-bond donors (Lipinski definition) is 2. The summed E-state index contributed by atoms with van der Waals surface area (Å²) in [5.41, 5.74) is 4.41. The standard InChI is InChI=1S/C8H9F2N3O2S/c9-8(10)4(14)3-16-6(8)13-2-1-5(11)12-7(13)15/h1-2,4,6,14H,3H2,(H2,11,12,15)/t4-,6+/m1/s1. The lowest BCUT2D eigenvalue weighted by Crippen LogP contribution is -2.39. The van der Waals surface area contributed by atoms with Gasteiger partial charge in [0.25, 0.3) is 0 Å². The van der Waals surface area contributed by atoms with Crippen LogP contribution in [-0.2, 0) is 0 Å². The van der Waals surface area contributed by atoms with Crippen LogP contribution in [0.1, 0.15) is 5.37 Å². The number of aliphatic hydroxyl groups is 1. The first-order chi connectivity index (χ1) is 7.43. The molecule has 0 bridgehead atoms. The van der Waals surface area contributed by atoms with E-state index in [1.807, 2.05) is 0 Å². The van der Waals surface area contributed by atoms with Gasteiger partial charge in [-0.25, -0.2) is 13.6 Å². The Balaban J connectivity index is 2.42. The van der Waals surface area contributed by atoms with Gasteiger partial charge >= 0.3 is 11.6 Å². The van der Waals surface area contributed by atoms with Gasteiger partial charge in [0.05, 0.1) is 0 Å². The molecule has 8 heteroatoms. The summed E-state index contributed by atoms with van der Waals surface area (Å²) in [6.45, 7) is 0. The van der Waals surface area contributed by atoms with Crippen molar-refractivity contribution in [2.75, 3.05) is 11.5 Å². The maximum absolute atomic E-state index is 13.5. The van der Waals surface area contributed by atoms with Crippen molar-refractivity contribution in [3.05, 3.63) is 22.7 Å². The van der Waals surface area contributed by atoms with Crippen molar-refractivity contribution in [2.45, 2.75) is 17.4 Å². The molecule has 1 fully saturated rings. The molecular formula is C8H9F2N3O2S. The Labute approximate surface area is 93.3 Å². The molecule has 0 amide bonds. The first-order valence-electron chi connectivity index (χ1n) is 4.45. The minimum Gasteiger partial charge on any atom is -0.386 e. The summed E-state index contributed by atoms with van der Waals surface area (Å²) in [4.78, 5) is 14.7. The first kappa shape index (κ1) is 11.3. The summed E-state index contributed by atoms with van der Waals surface area (Å²) in [7, 11) is 0. The first-order valence-corrected chi connectivity index (χ1v) is 5.50. The number of anilines is 1. The highest BCUT2D eigenvalue weighted by Crippen LogP contribution is 2.47. The summed E-state index contributed by atoms with van der Waals surface area (Å²) >= 11 is 0.813. The number of alkyl halides is 2. The smallest absolute Gasteiger partial charge is 0.350 e. The van der Waals surface area contributed by atoms with Crippen LogP contribution in [0.5, 0.6) is 0 Å². The van der Waals surface area contributed by atoms with E-state index in [1.165, 1.54) is 6.07 Å². The van der Waals surface area contributed by atoms with E-state index < -0.39 is 23.1 Å². The average molecular weight is 249 g/mol. The monoisotopic (exact) mass is 249 g/mol. The normalized spacial score (nSPS) is 28.2. The lowest BCUT2D eigenvalue weighted by molar-refractivity contribution is -0.103. The van der Waals surface area contributed by atoms with E-state index in [4.69, 9.17) is 10.8 Å². The highest BCUT2D eigenvalue weighted by Gasteiger charge is 2.53. The van der Waals surface area contributed by atoms with Gasteiger partial charge < -0.3 is 10.8 Å². The zero-order valence-electron chi connectivity index (χ0n) is 8.01. The minimum absolute atomic E-state index is 0.0203. The third-order valence-corrected chi connectivity index (χ3v) is 3.65. The number of aromatic nitrogens is 2. The molecule has 88 valence electrons. The molecule has 0 radical (unpaired) electrons. The van der Waals surface area contributed by atoms with Crippen molar-refractivity contribution in [1.82, 2.24) is 9.55 Å². The van der Waals surface area contributed by atoms with Crippen molar-refractivity contribution in [1.29, 1.82) is 0 Å². The van der Waals surface area contributed by atoms with Gasteiger partial charge in [-0.2, -0.15) is 4.98 Å². The van der Waals surface area contributed by atoms with Crippen LogP contribution in [0.4, 0.5) is 14.6 Å². The maximum atomic E-state index is 13.5. The van der Waals surface area contributed by atoms with E-state index in [2.05, 4.69) is 4.98 Å². The van der Waals surface area contributed by atoms with Crippen LogP contribution in [0.25, 0.3) is 0 Å². The number of thioether (sulfide) groups is 1. The predicted octanol–water partition coefficient (Wildman–Crippen LogP) is 0.0671. The van der Waals surface area contributed by atoms with Crippen molar-refractivity contribution >= 4 is 17.6 Å². The number of halogens is 2. The van der Waals surface area contributed by atoms with Gasteiger partial charge in [0, 0.05) is 11.9 Å². The highest BCUT2D eigenvalue weighted by molar-refractivity contribution is 7.99. The van der Waals surface area contributed by atoms with Crippen molar-refractivity contribution in [2.24, 2.45) is 0 Å². The van der Waals surface area contributed by atoms with Gasteiger partial charge in [0.1, 0.15) is 11.9 Å². The molecule has 3 N–H and O–H groups in total. The molecule has 2 rings (SSSR count). The summed E-state index contributed by atoms with van der Waals surface area (Å²) in [5, 5.41) is 7.68. The molecule has 1 aromatic heterocycles. The fourth-order valence-electron chi connectivity index (χ4n) is 1.44. The second-order valence-electron chi connectivity index (χ2n) is 3.42. The molecule has 5 nitrogen and oxygen atoms in total. The molecule has 0 spiro atoms. The quantitative estimate of drug-likeness (QED) is 0.736. The van der Waals surface area contributed by atoms with E-state index in [0.717, 1.165) is 22.5 Å². The summed E-state index contributed by atoms with van der Waals surface area (Å²) in [6, 6.07) is 1.27. The molecule has 16 heavy (non-hydrogen) atoms. The van der Waals surface area contributed by atoms with Crippen LogP contribution < -0.4 is 11.4 Å². The minimum atomic E-state index is -3.34. The molecule has 2 heterocycles. The number of rotatable bonds is 1. The van der Waals surface area contributed by atoms with Gasteiger partial charge in [-0.3, -0.25) is 4.57 Å². The maximum Gasteiger partial charge on any atom is 0.350 e.